The van der Waals surface area contributed by atoms with Crippen molar-refractivity contribution in [2.75, 3.05) is 10.2 Å². The van der Waals surface area contributed by atoms with Crippen LogP contribution in [0.4, 0.5) is 63.2 Å². The predicted molar refractivity (Wildman–Crippen MR) is 142 cm³/mol. The van der Waals surface area contributed by atoms with Crippen LogP contribution in [0.15, 0.2) is 60.8 Å². The minimum atomic E-state index is -6.00. The van der Waals surface area contributed by atoms with E-state index in [-0.39, 0.29) is 74.6 Å². The number of amides is 2. The molecule has 2 aromatic carbocycles. The zero-order valence-corrected chi connectivity index (χ0v) is 21.4. The van der Waals surface area contributed by atoms with Crippen LogP contribution in [0.3, 0.4) is 0 Å². The van der Waals surface area contributed by atoms with Crippen molar-refractivity contribution < 1.29 is 61.4 Å². The van der Waals surface area contributed by atoms with E-state index in [0.717, 1.165) is 5.69 Å². The fourth-order valence-electron chi connectivity index (χ4n) is 3.39. The molecule has 0 saturated carbocycles. The van der Waals surface area contributed by atoms with Crippen LogP contribution in [-0.4, -0.2) is 101 Å². The van der Waals surface area contributed by atoms with E-state index in [1.807, 2.05) is 43.3 Å². The molecule has 44 heavy (non-hydrogen) atoms. The molecule has 1 N–H and O–H groups in total. The normalized spacial score (nSPS) is 14.0. The summed E-state index contributed by atoms with van der Waals surface area (Å²) >= 11 is 0. The number of nitrogens with one attached hydrogen (secondary N) is 1. The van der Waals surface area contributed by atoms with E-state index >= 15 is 0 Å². The monoisotopic (exact) mass is 672 g/mol. The van der Waals surface area contributed by atoms with Crippen molar-refractivity contribution in [3.8, 4) is 6.07 Å². The summed E-state index contributed by atoms with van der Waals surface area (Å²) in [6, 6.07) is 17.9. The molecule has 23 heteroatoms. The van der Waals surface area contributed by atoms with Gasteiger partial charge in [-0.05, 0) is 37.3 Å². The van der Waals surface area contributed by atoms with Gasteiger partial charge in [0.05, 0.1) is 36.0 Å². The quantitative estimate of drug-likeness (QED) is 0.261. The van der Waals surface area contributed by atoms with Gasteiger partial charge in [-0.15, -0.1) is 0 Å². The number of aromatic nitrogens is 2. The van der Waals surface area contributed by atoms with Crippen molar-refractivity contribution in [3.63, 3.8) is 0 Å². The summed E-state index contributed by atoms with van der Waals surface area (Å²) in [4.78, 5) is 27.7. The Morgan fingerprint density at radius 3 is 1.86 bits per heavy atom. The molecule has 0 spiro atoms. The molecule has 1 atom stereocenters. The van der Waals surface area contributed by atoms with Crippen molar-refractivity contribution in [2.24, 2.45) is 0 Å². The molecule has 7 nitrogen and oxygen atoms in total. The van der Waals surface area contributed by atoms with Crippen molar-refractivity contribution in [3.05, 3.63) is 77.6 Å². The Labute approximate surface area is 284 Å². The van der Waals surface area contributed by atoms with Crippen LogP contribution in [0.2, 0.25) is 0 Å². The average molecular weight is 672 g/mol. The zero-order chi connectivity index (χ0) is 33.2. The van der Waals surface area contributed by atoms with Gasteiger partial charge >= 0.3 is 73.1 Å². The number of carbonyl (C=O) groups is 2. The van der Waals surface area contributed by atoms with Gasteiger partial charge in [0.2, 0.25) is 0 Å². The number of para-hydroxylation sites is 1. The van der Waals surface area contributed by atoms with Gasteiger partial charge < -0.3 is 62.0 Å². The summed E-state index contributed by atoms with van der Waals surface area (Å²) in [6.45, 7) is 2.44. The van der Waals surface area contributed by atoms with E-state index in [4.69, 9.17) is 5.26 Å². The minimum absolute atomic E-state index is 0. The third-order valence-electron chi connectivity index (χ3n) is 4.67. The Kier molecular flexibility index (Phi) is 16.4. The number of benzene rings is 2. The summed E-state index contributed by atoms with van der Waals surface area (Å²) in [6.07, 6.45) is 1.41. The summed E-state index contributed by atoms with van der Waals surface area (Å²) < 4.78 is 119. The summed E-state index contributed by atoms with van der Waals surface area (Å²) in [5.41, 5.74) is 2.17. The van der Waals surface area contributed by atoms with Gasteiger partial charge in [-0.2, -0.15) is 10.4 Å². The first-order valence-corrected chi connectivity index (χ1v) is 11.5. The number of anilines is 2. The number of hydrogen-bond donors (Lipinski definition) is 1. The molecular weight excluding hydrogens is 654 g/mol. The molecule has 2 amide bonds. The summed E-state index contributed by atoms with van der Waals surface area (Å²) in [7, 11) is -18.0. The standard InChI is InChI=1S/C21H17N5O2.3BF4.K.H/c1-14-13-25-19(21(28)26(14)17-8-3-2-4-9-17)18(12-23-25)20(27)24-16-7-5-6-15(10-16)11-22;3*2-1(3,4)5;;/h2-10,12,14H,13H2,1H3,(H,24,27);;;;;/q;3*-1;;. The number of carbonyl (C=O) groups excluding carboxylic acids is 2. The fraction of sp³-hybridized carbons (Fsp3) is 0.143. The van der Waals surface area contributed by atoms with Crippen LogP contribution in [0.5, 0.6) is 0 Å². The third kappa shape index (κ3) is 16.8. The van der Waals surface area contributed by atoms with Crippen LogP contribution in [0.25, 0.3) is 0 Å². The molecule has 1 aromatic heterocycles. The van der Waals surface area contributed by atoms with Crippen LogP contribution >= 0.6 is 0 Å². The molecule has 2 heterocycles. The Balaban J connectivity index is 0.000000965. The van der Waals surface area contributed by atoms with E-state index in [9.17, 15) is 61.4 Å². The van der Waals surface area contributed by atoms with E-state index in [1.165, 1.54) is 6.20 Å². The van der Waals surface area contributed by atoms with Crippen LogP contribution in [0.1, 0.15) is 33.3 Å². The number of nitriles is 1. The van der Waals surface area contributed by atoms with Crippen LogP contribution in [-0.2, 0) is 6.54 Å². The maximum absolute atomic E-state index is 13.2. The molecule has 3 aromatic rings. The molecule has 0 saturated heterocycles. The third-order valence-corrected chi connectivity index (χ3v) is 4.67. The van der Waals surface area contributed by atoms with Gasteiger partial charge in [0, 0.05) is 11.4 Å². The summed E-state index contributed by atoms with van der Waals surface area (Å²) in [5.74, 6) is -0.703. The van der Waals surface area contributed by atoms with Gasteiger partial charge in [-0.3, -0.25) is 14.3 Å². The molecule has 4 rings (SSSR count). The Bertz CT molecular complexity index is 1370. The second-order valence-corrected chi connectivity index (χ2v) is 8.08. The molecule has 1 unspecified atom stereocenters. The first kappa shape index (κ1) is 41.1. The first-order chi connectivity index (χ1) is 19.6. The number of fused-ring (bicyclic) bond motifs is 1. The molecular formula is C21H18B3F12KN5O2-3. The van der Waals surface area contributed by atoms with Gasteiger partial charge in [0.1, 0.15) is 5.69 Å². The number of halogens is 12. The molecule has 1 aliphatic rings. The molecule has 0 radical (unpaired) electrons. The van der Waals surface area contributed by atoms with E-state index in [0.29, 0.717) is 17.8 Å². The second kappa shape index (κ2) is 17.5. The molecule has 1 aliphatic heterocycles. The van der Waals surface area contributed by atoms with E-state index in [2.05, 4.69) is 10.4 Å². The Hall–Kier alpha value is -2.93. The number of hydrogen-bond acceptors (Lipinski definition) is 4. The van der Waals surface area contributed by atoms with Crippen molar-refractivity contribution in [1.82, 2.24) is 9.78 Å². The zero-order valence-electron chi connectivity index (χ0n) is 21.4. The van der Waals surface area contributed by atoms with Crippen molar-refractivity contribution >= 4 is 96.3 Å². The molecule has 0 fully saturated rings. The van der Waals surface area contributed by atoms with Gasteiger partial charge in [-0.1, -0.05) is 24.3 Å². The van der Waals surface area contributed by atoms with Gasteiger partial charge in [0.15, 0.2) is 0 Å². The summed E-state index contributed by atoms with van der Waals surface area (Å²) in [5, 5.41) is 16.0. The van der Waals surface area contributed by atoms with E-state index in [1.54, 1.807) is 33.8 Å². The first-order valence-electron chi connectivity index (χ1n) is 11.5. The SMILES string of the molecule is CC1Cn2ncc(C(=O)Nc3cccc(C#N)c3)c2C(=O)N1c1ccccc1.F[B-](F)(F)F.F[B-](F)(F)F.F[B-](F)(F)F.[KH]. The van der Waals surface area contributed by atoms with Crippen molar-refractivity contribution in [2.45, 2.75) is 19.5 Å². The van der Waals surface area contributed by atoms with Gasteiger partial charge in [-0.25, -0.2) is 0 Å². The average Bonchev–Trinajstić information content (AvgIpc) is 3.26. The number of nitrogens with zero attached hydrogens (tertiary/aromatic N) is 4. The predicted octanol–water partition coefficient (Wildman–Crippen LogP) is 6.31. The molecule has 236 valence electrons. The second-order valence-electron chi connectivity index (χ2n) is 8.08. The Morgan fingerprint density at radius 2 is 1.39 bits per heavy atom. The molecule has 0 aliphatic carbocycles. The molecule has 0 bridgehead atoms. The number of rotatable bonds is 3. The maximum atomic E-state index is 13.2. The van der Waals surface area contributed by atoms with Crippen molar-refractivity contribution in [1.29, 1.82) is 5.26 Å². The van der Waals surface area contributed by atoms with Crippen LogP contribution in [0, 0.1) is 11.3 Å². The van der Waals surface area contributed by atoms with E-state index < -0.39 is 27.7 Å². The van der Waals surface area contributed by atoms with Crippen LogP contribution < -0.4 is 10.2 Å². The van der Waals surface area contributed by atoms with Gasteiger partial charge in [0.25, 0.3) is 11.8 Å². The Morgan fingerprint density at radius 1 is 0.886 bits per heavy atom. The fourth-order valence-corrected chi connectivity index (χ4v) is 3.39. The topological polar surface area (TPSA) is 91.0 Å².